The van der Waals surface area contributed by atoms with Crippen molar-refractivity contribution in [2.45, 2.75) is 51.2 Å². The molecule has 0 saturated carbocycles. The molecule has 0 radical (unpaired) electrons. The molecule has 0 aliphatic carbocycles. The summed E-state index contributed by atoms with van der Waals surface area (Å²) in [6.45, 7) is 3.49. The van der Waals surface area contributed by atoms with Crippen LogP contribution in [0.25, 0.3) is 11.1 Å². The minimum absolute atomic E-state index is 0.0298. The summed E-state index contributed by atoms with van der Waals surface area (Å²) < 4.78 is 48.9. The van der Waals surface area contributed by atoms with Crippen LogP contribution in [0.15, 0.2) is 30.6 Å². The number of benzene rings is 1. The molecule has 1 unspecified atom stereocenters. The predicted octanol–water partition coefficient (Wildman–Crippen LogP) is 4.03. The van der Waals surface area contributed by atoms with E-state index in [0.29, 0.717) is 24.7 Å². The van der Waals surface area contributed by atoms with E-state index >= 15 is 4.39 Å². The Balaban J connectivity index is 1.20. The molecule has 3 aliphatic rings. The normalized spacial score (nSPS) is 24.8. The molecule has 180 valence electrons. The zero-order chi connectivity index (χ0) is 22.8. The maximum absolute atomic E-state index is 15.1. The largest absolute Gasteiger partial charge is 0.369 e. The SMILES string of the molecule is O=S1(=O)CCCCN1CC1CCN(c2ccc(-c3cnn(C4CCCCO4)c3)cc2F)CC1. The fraction of sp³-hybridized carbons (Fsp3) is 0.625. The maximum Gasteiger partial charge on any atom is 0.214 e. The minimum Gasteiger partial charge on any atom is -0.369 e. The lowest BCUT2D eigenvalue weighted by atomic mass is 9.96. The zero-order valence-electron chi connectivity index (χ0n) is 19.0. The molecule has 1 atom stereocenters. The van der Waals surface area contributed by atoms with Crippen LogP contribution >= 0.6 is 0 Å². The van der Waals surface area contributed by atoms with Crippen molar-refractivity contribution in [2.75, 3.05) is 43.4 Å². The number of rotatable bonds is 5. The first kappa shape index (κ1) is 22.8. The van der Waals surface area contributed by atoms with Crippen LogP contribution in [0.3, 0.4) is 0 Å². The lowest BCUT2D eigenvalue weighted by molar-refractivity contribution is -0.0394. The van der Waals surface area contributed by atoms with Crippen LogP contribution in [0, 0.1) is 11.7 Å². The molecule has 2 aromatic rings. The third-order valence-corrected chi connectivity index (χ3v) is 9.13. The number of aromatic nitrogens is 2. The van der Waals surface area contributed by atoms with E-state index in [9.17, 15) is 8.42 Å². The highest BCUT2D eigenvalue weighted by Gasteiger charge is 2.30. The highest BCUT2D eigenvalue weighted by molar-refractivity contribution is 7.89. The number of hydrogen-bond acceptors (Lipinski definition) is 5. The van der Waals surface area contributed by atoms with E-state index < -0.39 is 10.0 Å². The molecule has 33 heavy (non-hydrogen) atoms. The fourth-order valence-electron chi connectivity index (χ4n) is 5.21. The molecular weight excluding hydrogens is 443 g/mol. The number of nitrogens with zero attached hydrogens (tertiary/aromatic N) is 4. The summed E-state index contributed by atoms with van der Waals surface area (Å²) in [6, 6.07) is 5.40. The van der Waals surface area contributed by atoms with Crippen molar-refractivity contribution in [3.8, 4) is 11.1 Å². The van der Waals surface area contributed by atoms with Gasteiger partial charge in [0.05, 0.1) is 17.6 Å². The van der Waals surface area contributed by atoms with Crippen molar-refractivity contribution in [3.05, 3.63) is 36.4 Å². The van der Waals surface area contributed by atoms with E-state index in [-0.39, 0.29) is 17.8 Å². The molecule has 1 aromatic heterocycles. The molecule has 3 saturated heterocycles. The van der Waals surface area contributed by atoms with Gasteiger partial charge in [-0.3, -0.25) is 0 Å². The average Bonchev–Trinajstić information content (AvgIpc) is 3.32. The van der Waals surface area contributed by atoms with Crippen molar-refractivity contribution in [1.29, 1.82) is 0 Å². The van der Waals surface area contributed by atoms with Gasteiger partial charge in [0.25, 0.3) is 0 Å². The summed E-state index contributed by atoms with van der Waals surface area (Å²) in [5, 5.41) is 4.44. The van der Waals surface area contributed by atoms with Crippen LogP contribution in [0.5, 0.6) is 0 Å². The Morgan fingerprint density at radius 2 is 1.88 bits per heavy atom. The van der Waals surface area contributed by atoms with Crippen molar-refractivity contribution < 1.29 is 17.5 Å². The Kier molecular flexibility index (Phi) is 6.72. The molecule has 7 nitrogen and oxygen atoms in total. The minimum atomic E-state index is -3.09. The van der Waals surface area contributed by atoms with Crippen LogP contribution in [0.2, 0.25) is 0 Å². The van der Waals surface area contributed by atoms with Gasteiger partial charge < -0.3 is 9.64 Å². The van der Waals surface area contributed by atoms with Crippen LogP contribution in [0.4, 0.5) is 10.1 Å². The van der Waals surface area contributed by atoms with Crippen LogP contribution in [-0.2, 0) is 14.8 Å². The van der Waals surface area contributed by atoms with E-state index in [0.717, 1.165) is 75.8 Å². The second-order valence-electron chi connectivity index (χ2n) is 9.51. The standard InChI is InChI=1S/C24H33FN4O3S/c25-22-15-20(21-16-26-29(18-21)24-5-1-3-13-32-24)6-7-23(22)27-11-8-19(9-12-27)17-28-10-2-4-14-33(28,30)31/h6-7,15-16,18-19,24H,1-5,8-14,17H2. The van der Waals surface area contributed by atoms with E-state index in [1.54, 1.807) is 16.6 Å². The van der Waals surface area contributed by atoms with Gasteiger partial charge in [-0.15, -0.1) is 0 Å². The molecule has 9 heteroatoms. The Hall–Kier alpha value is -1.97. The zero-order valence-corrected chi connectivity index (χ0v) is 19.9. The van der Waals surface area contributed by atoms with E-state index in [4.69, 9.17) is 4.74 Å². The summed E-state index contributed by atoms with van der Waals surface area (Å²) in [6.07, 6.45) is 10.3. The first-order chi connectivity index (χ1) is 16.0. The van der Waals surface area contributed by atoms with Crippen LogP contribution < -0.4 is 4.90 Å². The highest BCUT2D eigenvalue weighted by atomic mass is 32.2. The lowest BCUT2D eigenvalue weighted by Gasteiger charge is -2.36. The summed E-state index contributed by atoms with van der Waals surface area (Å²) in [7, 11) is -3.09. The van der Waals surface area contributed by atoms with Crippen molar-refractivity contribution in [1.82, 2.24) is 14.1 Å². The molecule has 0 bridgehead atoms. The Labute approximate surface area is 195 Å². The lowest BCUT2D eigenvalue weighted by Crippen LogP contribution is -2.44. The van der Waals surface area contributed by atoms with Gasteiger partial charge in [0.1, 0.15) is 12.0 Å². The van der Waals surface area contributed by atoms with Gasteiger partial charge in [0.15, 0.2) is 0 Å². The number of anilines is 1. The number of sulfonamides is 1. The van der Waals surface area contributed by atoms with Crippen molar-refractivity contribution >= 4 is 15.7 Å². The van der Waals surface area contributed by atoms with Crippen molar-refractivity contribution in [3.63, 3.8) is 0 Å². The molecular formula is C24H33FN4O3S. The third kappa shape index (κ3) is 5.10. The highest BCUT2D eigenvalue weighted by Crippen LogP contribution is 2.31. The topological polar surface area (TPSA) is 67.7 Å². The summed E-state index contributed by atoms with van der Waals surface area (Å²) in [5.74, 6) is 0.381. The molecule has 0 spiro atoms. The second-order valence-corrected chi connectivity index (χ2v) is 11.6. The van der Waals surface area contributed by atoms with E-state index in [1.807, 2.05) is 23.0 Å². The number of ether oxygens (including phenoxy) is 1. The monoisotopic (exact) mass is 476 g/mol. The van der Waals surface area contributed by atoms with Crippen LogP contribution in [-0.4, -0.2) is 61.0 Å². The first-order valence-corrected chi connectivity index (χ1v) is 13.8. The number of hydrogen-bond donors (Lipinski definition) is 0. The van der Waals surface area contributed by atoms with Gasteiger partial charge in [-0.1, -0.05) is 6.07 Å². The molecule has 4 heterocycles. The molecule has 5 rings (SSSR count). The molecule has 1 aromatic carbocycles. The van der Waals surface area contributed by atoms with Gasteiger partial charge in [0.2, 0.25) is 10.0 Å². The second kappa shape index (κ2) is 9.72. The van der Waals surface area contributed by atoms with Gasteiger partial charge in [-0.25, -0.2) is 21.8 Å². The Bertz CT molecular complexity index is 1060. The summed E-state index contributed by atoms with van der Waals surface area (Å²) in [5.41, 5.74) is 2.31. The van der Waals surface area contributed by atoms with Crippen molar-refractivity contribution in [2.24, 2.45) is 5.92 Å². The molecule has 0 N–H and O–H groups in total. The number of halogens is 1. The Morgan fingerprint density at radius 1 is 1.03 bits per heavy atom. The van der Waals surface area contributed by atoms with Crippen LogP contribution in [0.1, 0.15) is 51.2 Å². The smallest absolute Gasteiger partial charge is 0.214 e. The first-order valence-electron chi connectivity index (χ1n) is 12.2. The number of piperidine rings is 1. The van der Waals surface area contributed by atoms with E-state index in [2.05, 4.69) is 10.00 Å². The molecule has 3 aliphatic heterocycles. The third-order valence-electron chi connectivity index (χ3n) is 7.20. The quantitative estimate of drug-likeness (QED) is 0.652. The molecule has 0 amide bonds. The van der Waals surface area contributed by atoms with Gasteiger partial charge in [-0.05, 0) is 68.6 Å². The maximum atomic E-state index is 15.1. The van der Waals surface area contributed by atoms with Gasteiger partial charge in [0, 0.05) is 44.5 Å². The van der Waals surface area contributed by atoms with Gasteiger partial charge in [-0.2, -0.15) is 5.10 Å². The molecule has 3 fully saturated rings. The summed E-state index contributed by atoms with van der Waals surface area (Å²) in [4.78, 5) is 2.08. The van der Waals surface area contributed by atoms with E-state index in [1.165, 1.54) is 0 Å². The Morgan fingerprint density at radius 3 is 2.61 bits per heavy atom. The predicted molar refractivity (Wildman–Crippen MR) is 126 cm³/mol. The van der Waals surface area contributed by atoms with Gasteiger partial charge >= 0.3 is 0 Å². The average molecular weight is 477 g/mol. The fourth-order valence-corrected chi connectivity index (χ4v) is 6.88. The summed E-state index contributed by atoms with van der Waals surface area (Å²) >= 11 is 0.